The van der Waals surface area contributed by atoms with Crippen LogP contribution < -0.4 is 10.6 Å². The van der Waals surface area contributed by atoms with Crippen molar-refractivity contribution in [2.45, 2.75) is 6.54 Å². The zero-order chi connectivity index (χ0) is 17.5. The molecule has 2 rings (SSSR count). The Kier molecular flexibility index (Phi) is 5.47. The van der Waals surface area contributed by atoms with Crippen LogP contribution in [0.5, 0.6) is 0 Å². The molecule has 0 aliphatic rings. The van der Waals surface area contributed by atoms with Gasteiger partial charge in [0.25, 0.3) is 11.4 Å². The summed E-state index contributed by atoms with van der Waals surface area (Å²) in [5.74, 6) is -0.499. The number of nitrogens with zero attached hydrogens (tertiary/aromatic N) is 3. The maximum Gasteiger partial charge on any atom is 0.299 e. The first kappa shape index (κ1) is 17.0. The van der Waals surface area contributed by atoms with Crippen molar-refractivity contribution in [3.05, 3.63) is 68.5 Å². The van der Waals surface area contributed by atoms with Crippen LogP contribution >= 0.6 is 0 Å². The Bertz CT molecular complexity index is 765. The molecule has 0 unspecified atom stereocenters. The molecule has 10 heteroatoms. The fourth-order valence-electron chi connectivity index (χ4n) is 1.91. The maximum absolute atomic E-state index is 11.9. The SMILES string of the molecule is O=C(CNCc1ccncc1)Nc1ccc([N+](=O)[O-])cc1[N+](=O)[O-]. The Labute approximate surface area is 135 Å². The van der Waals surface area contributed by atoms with Gasteiger partial charge in [0.05, 0.1) is 22.5 Å². The average molecular weight is 331 g/mol. The van der Waals surface area contributed by atoms with Crippen LogP contribution in [0.15, 0.2) is 42.7 Å². The molecule has 10 nitrogen and oxygen atoms in total. The second-order valence-corrected chi connectivity index (χ2v) is 4.72. The number of amides is 1. The van der Waals surface area contributed by atoms with Gasteiger partial charge in [-0.2, -0.15) is 0 Å². The van der Waals surface area contributed by atoms with E-state index in [9.17, 15) is 25.0 Å². The summed E-state index contributed by atoms with van der Waals surface area (Å²) < 4.78 is 0. The fraction of sp³-hybridized carbons (Fsp3) is 0.143. The number of non-ortho nitro benzene ring substituents is 1. The number of hydrogen-bond acceptors (Lipinski definition) is 7. The number of carbonyl (C=O) groups excluding carboxylic acids is 1. The Hall–Kier alpha value is -3.40. The summed E-state index contributed by atoms with van der Waals surface area (Å²) in [4.78, 5) is 35.9. The standard InChI is InChI=1S/C14H13N5O5/c20-14(9-16-8-10-3-5-15-6-4-10)17-12-2-1-11(18(21)22)7-13(12)19(23)24/h1-7,16H,8-9H2,(H,17,20). The van der Waals surface area contributed by atoms with Gasteiger partial charge in [-0.15, -0.1) is 0 Å². The minimum absolute atomic E-state index is 0.0730. The predicted molar refractivity (Wildman–Crippen MR) is 84.3 cm³/mol. The van der Waals surface area contributed by atoms with Crippen molar-refractivity contribution in [3.63, 3.8) is 0 Å². The van der Waals surface area contributed by atoms with Crippen molar-refractivity contribution in [2.75, 3.05) is 11.9 Å². The number of aromatic nitrogens is 1. The van der Waals surface area contributed by atoms with E-state index in [0.717, 1.165) is 23.8 Å². The van der Waals surface area contributed by atoms with E-state index in [1.165, 1.54) is 0 Å². The second-order valence-electron chi connectivity index (χ2n) is 4.72. The van der Waals surface area contributed by atoms with Gasteiger partial charge < -0.3 is 10.6 Å². The van der Waals surface area contributed by atoms with E-state index in [2.05, 4.69) is 15.6 Å². The highest BCUT2D eigenvalue weighted by Gasteiger charge is 2.20. The molecule has 0 spiro atoms. The van der Waals surface area contributed by atoms with Crippen molar-refractivity contribution < 1.29 is 14.6 Å². The molecule has 1 aromatic carbocycles. The first-order valence-corrected chi connectivity index (χ1v) is 6.79. The summed E-state index contributed by atoms with van der Waals surface area (Å²) in [6.07, 6.45) is 3.24. The third-order valence-corrected chi connectivity index (χ3v) is 3.03. The smallest absolute Gasteiger partial charge is 0.299 e. The number of carbonyl (C=O) groups is 1. The van der Waals surface area contributed by atoms with E-state index >= 15 is 0 Å². The summed E-state index contributed by atoms with van der Waals surface area (Å²) in [5.41, 5.74) is -0.123. The van der Waals surface area contributed by atoms with Gasteiger partial charge in [0.2, 0.25) is 5.91 Å². The Morgan fingerprint density at radius 2 is 1.79 bits per heavy atom. The number of nitro benzene ring substituents is 2. The molecule has 0 aliphatic heterocycles. The van der Waals surface area contributed by atoms with Crippen LogP contribution in [0.4, 0.5) is 17.1 Å². The topological polar surface area (TPSA) is 140 Å². The van der Waals surface area contributed by atoms with E-state index in [4.69, 9.17) is 0 Å². The molecule has 0 saturated carbocycles. The number of pyridine rings is 1. The molecule has 24 heavy (non-hydrogen) atoms. The molecule has 0 bridgehead atoms. The van der Waals surface area contributed by atoms with Crippen molar-refractivity contribution in [1.82, 2.24) is 10.3 Å². The Balaban J connectivity index is 1.98. The number of nitro groups is 2. The molecular formula is C14H13N5O5. The van der Waals surface area contributed by atoms with Gasteiger partial charge in [0.15, 0.2) is 0 Å². The molecule has 0 atom stereocenters. The normalized spacial score (nSPS) is 10.2. The minimum Gasteiger partial charge on any atom is -0.319 e. The van der Waals surface area contributed by atoms with E-state index in [0.29, 0.717) is 6.54 Å². The van der Waals surface area contributed by atoms with Gasteiger partial charge in [-0.3, -0.25) is 30.0 Å². The zero-order valence-electron chi connectivity index (χ0n) is 12.3. The second kappa shape index (κ2) is 7.74. The average Bonchev–Trinajstić information content (AvgIpc) is 2.55. The van der Waals surface area contributed by atoms with Crippen LogP contribution in [0.25, 0.3) is 0 Å². The minimum atomic E-state index is -0.785. The lowest BCUT2D eigenvalue weighted by atomic mass is 10.2. The molecule has 1 amide bonds. The lowest BCUT2D eigenvalue weighted by molar-refractivity contribution is -0.393. The Morgan fingerprint density at radius 1 is 1.08 bits per heavy atom. The number of hydrogen-bond donors (Lipinski definition) is 2. The van der Waals surface area contributed by atoms with Crippen molar-refractivity contribution in [2.24, 2.45) is 0 Å². The van der Waals surface area contributed by atoms with Crippen LogP contribution in [0.3, 0.4) is 0 Å². The molecule has 124 valence electrons. The van der Waals surface area contributed by atoms with Crippen molar-refractivity contribution >= 4 is 23.0 Å². The number of nitrogens with one attached hydrogen (secondary N) is 2. The number of rotatable bonds is 7. The van der Waals surface area contributed by atoms with Gasteiger partial charge in [0, 0.05) is 25.0 Å². The van der Waals surface area contributed by atoms with Crippen LogP contribution in [0, 0.1) is 20.2 Å². The highest BCUT2D eigenvalue weighted by atomic mass is 16.6. The van der Waals surface area contributed by atoms with E-state index in [1.807, 2.05) is 0 Å². The molecule has 0 fully saturated rings. The summed E-state index contributed by atoms with van der Waals surface area (Å²) >= 11 is 0. The monoisotopic (exact) mass is 331 g/mol. The summed E-state index contributed by atoms with van der Waals surface area (Å²) in [6, 6.07) is 6.60. The van der Waals surface area contributed by atoms with Gasteiger partial charge in [-0.1, -0.05) is 0 Å². The molecule has 2 aromatic rings. The summed E-state index contributed by atoms with van der Waals surface area (Å²) in [7, 11) is 0. The first-order valence-electron chi connectivity index (χ1n) is 6.79. The highest BCUT2D eigenvalue weighted by molar-refractivity contribution is 5.94. The predicted octanol–water partition coefficient (Wildman–Crippen LogP) is 1.63. The molecule has 0 saturated heterocycles. The molecule has 0 radical (unpaired) electrons. The molecule has 0 aliphatic carbocycles. The third-order valence-electron chi connectivity index (χ3n) is 3.03. The Morgan fingerprint density at radius 3 is 2.42 bits per heavy atom. The van der Waals surface area contributed by atoms with Gasteiger partial charge >= 0.3 is 0 Å². The molecule has 1 heterocycles. The molecular weight excluding hydrogens is 318 g/mol. The third kappa shape index (κ3) is 4.55. The molecule has 1 aromatic heterocycles. The van der Waals surface area contributed by atoms with Gasteiger partial charge in [-0.25, -0.2) is 0 Å². The van der Waals surface area contributed by atoms with Crippen molar-refractivity contribution in [1.29, 1.82) is 0 Å². The van der Waals surface area contributed by atoms with Crippen LogP contribution in [-0.4, -0.2) is 27.3 Å². The van der Waals surface area contributed by atoms with Gasteiger partial charge in [0.1, 0.15) is 5.69 Å². The molecule has 2 N–H and O–H groups in total. The van der Waals surface area contributed by atoms with Crippen LogP contribution in [0.1, 0.15) is 5.56 Å². The lowest BCUT2D eigenvalue weighted by Crippen LogP contribution is -2.28. The van der Waals surface area contributed by atoms with Crippen LogP contribution in [-0.2, 0) is 11.3 Å². The number of anilines is 1. The maximum atomic E-state index is 11.9. The first-order chi connectivity index (χ1) is 11.5. The van der Waals surface area contributed by atoms with Crippen molar-refractivity contribution in [3.8, 4) is 0 Å². The summed E-state index contributed by atoms with van der Waals surface area (Å²) in [5, 5.41) is 26.9. The number of benzene rings is 1. The highest BCUT2D eigenvalue weighted by Crippen LogP contribution is 2.28. The van der Waals surface area contributed by atoms with E-state index < -0.39 is 27.1 Å². The fourth-order valence-corrected chi connectivity index (χ4v) is 1.91. The van der Waals surface area contributed by atoms with E-state index in [-0.39, 0.29) is 12.2 Å². The lowest BCUT2D eigenvalue weighted by Gasteiger charge is -2.07. The summed E-state index contributed by atoms with van der Waals surface area (Å²) in [6.45, 7) is 0.356. The largest absolute Gasteiger partial charge is 0.319 e. The van der Waals surface area contributed by atoms with Gasteiger partial charge in [-0.05, 0) is 23.8 Å². The quantitative estimate of drug-likeness (QED) is 0.580. The zero-order valence-corrected chi connectivity index (χ0v) is 12.3. The van der Waals surface area contributed by atoms with E-state index in [1.54, 1.807) is 24.5 Å². The van der Waals surface area contributed by atoms with Crippen LogP contribution in [0.2, 0.25) is 0 Å².